The van der Waals surface area contributed by atoms with Crippen LogP contribution in [0.1, 0.15) is 57.2 Å². The molecule has 1 atom stereocenters. The molecule has 19 heavy (non-hydrogen) atoms. The Morgan fingerprint density at radius 3 is 2.79 bits per heavy atom. The summed E-state index contributed by atoms with van der Waals surface area (Å²) >= 11 is 0. The van der Waals surface area contributed by atoms with Crippen LogP contribution in [0.4, 0.5) is 0 Å². The highest BCUT2D eigenvalue weighted by molar-refractivity contribution is 5.43. The predicted octanol–water partition coefficient (Wildman–Crippen LogP) is 3.85. The SMILES string of the molecule is CCNC(c1ccc2c(c1)CC(C)(C)O2)C1CCC1. The van der Waals surface area contributed by atoms with Crippen LogP contribution in [0.15, 0.2) is 18.2 Å². The van der Waals surface area contributed by atoms with E-state index in [0.717, 1.165) is 24.6 Å². The molecule has 1 unspecified atom stereocenters. The van der Waals surface area contributed by atoms with Gasteiger partial charge in [0.2, 0.25) is 0 Å². The monoisotopic (exact) mass is 259 g/mol. The third-order valence-corrected chi connectivity index (χ3v) is 4.49. The van der Waals surface area contributed by atoms with Crippen molar-refractivity contribution >= 4 is 0 Å². The first-order valence-corrected chi connectivity index (χ1v) is 7.64. The molecule has 1 fully saturated rings. The maximum Gasteiger partial charge on any atom is 0.123 e. The van der Waals surface area contributed by atoms with E-state index in [-0.39, 0.29) is 5.60 Å². The molecular formula is C17H25NO. The van der Waals surface area contributed by atoms with Crippen LogP contribution < -0.4 is 10.1 Å². The summed E-state index contributed by atoms with van der Waals surface area (Å²) in [7, 11) is 0. The maximum atomic E-state index is 5.97. The van der Waals surface area contributed by atoms with Crippen LogP contribution >= 0.6 is 0 Å². The second-order valence-corrected chi connectivity index (χ2v) is 6.63. The number of ether oxygens (including phenoxy) is 1. The van der Waals surface area contributed by atoms with Crippen molar-refractivity contribution in [2.75, 3.05) is 6.54 Å². The van der Waals surface area contributed by atoms with Crippen molar-refractivity contribution in [1.29, 1.82) is 0 Å². The number of benzene rings is 1. The highest BCUT2D eigenvalue weighted by Gasteiger charge is 2.32. The number of fused-ring (bicyclic) bond motifs is 1. The Morgan fingerprint density at radius 2 is 2.16 bits per heavy atom. The van der Waals surface area contributed by atoms with E-state index in [1.165, 1.54) is 30.4 Å². The first-order chi connectivity index (χ1) is 9.09. The van der Waals surface area contributed by atoms with Gasteiger partial charge >= 0.3 is 0 Å². The molecular weight excluding hydrogens is 234 g/mol. The summed E-state index contributed by atoms with van der Waals surface area (Å²) in [6.45, 7) is 7.58. The summed E-state index contributed by atoms with van der Waals surface area (Å²) < 4.78 is 5.97. The molecule has 1 aliphatic carbocycles. The van der Waals surface area contributed by atoms with Crippen LogP contribution in [0.5, 0.6) is 5.75 Å². The van der Waals surface area contributed by atoms with Crippen LogP contribution in [0.3, 0.4) is 0 Å². The predicted molar refractivity (Wildman–Crippen MR) is 78.6 cm³/mol. The van der Waals surface area contributed by atoms with E-state index in [1.807, 2.05) is 0 Å². The van der Waals surface area contributed by atoms with Crippen molar-refractivity contribution in [1.82, 2.24) is 5.32 Å². The average Bonchev–Trinajstić information content (AvgIpc) is 2.58. The van der Waals surface area contributed by atoms with E-state index in [2.05, 4.69) is 44.3 Å². The van der Waals surface area contributed by atoms with Gasteiger partial charge in [-0.1, -0.05) is 25.5 Å². The van der Waals surface area contributed by atoms with E-state index < -0.39 is 0 Å². The molecule has 2 aliphatic rings. The molecule has 0 spiro atoms. The van der Waals surface area contributed by atoms with Gasteiger partial charge in [-0.2, -0.15) is 0 Å². The van der Waals surface area contributed by atoms with Crippen molar-refractivity contribution in [2.24, 2.45) is 5.92 Å². The molecule has 1 aromatic rings. The smallest absolute Gasteiger partial charge is 0.123 e. The third kappa shape index (κ3) is 2.51. The van der Waals surface area contributed by atoms with Gasteiger partial charge in [0.15, 0.2) is 0 Å². The fourth-order valence-electron chi connectivity index (χ4n) is 3.37. The topological polar surface area (TPSA) is 21.3 Å². The Morgan fingerprint density at radius 1 is 1.37 bits per heavy atom. The van der Waals surface area contributed by atoms with Crippen LogP contribution in [-0.4, -0.2) is 12.1 Å². The summed E-state index contributed by atoms with van der Waals surface area (Å²) in [6.07, 6.45) is 5.17. The number of hydrogen-bond donors (Lipinski definition) is 1. The summed E-state index contributed by atoms with van der Waals surface area (Å²) in [5.74, 6) is 1.91. The Kier molecular flexibility index (Phi) is 3.30. The Hall–Kier alpha value is -1.02. The van der Waals surface area contributed by atoms with E-state index in [1.54, 1.807) is 0 Å². The molecule has 1 aromatic carbocycles. The molecule has 0 saturated heterocycles. The van der Waals surface area contributed by atoms with Crippen molar-refractivity contribution in [2.45, 2.75) is 58.1 Å². The highest BCUT2D eigenvalue weighted by Crippen LogP contribution is 2.41. The zero-order chi connectivity index (χ0) is 13.5. The van der Waals surface area contributed by atoms with Crippen molar-refractivity contribution in [3.8, 4) is 5.75 Å². The van der Waals surface area contributed by atoms with Gasteiger partial charge in [0.05, 0.1) is 0 Å². The molecule has 2 nitrogen and oxygen atoms in total. The van der Waals surface area contributed by atoms with Crippen LogP contribution in [0.2, 0.25) is 0 Å². The zero-order valence-corrected chi connectivity index (χ0v) is 12.3. The lowest BCUT2D eigenvalue weighted by Crippen LogP contribution is -2.32. The molecule has 1 heterocycles. The molecule has 0 bridgehead atoms. The molecule has 2 heteroatoms. The zero-order valence-electron chi connectivity index (χ0n) is 12.3. The number of hydrogen-bond acceptors (Lipinski definition) is 2. The molecule has 1 aliphatic heterocycles. The lowest BCUT2D eigenvalue weighted by atomic mass is 9.77. The second-order valence-electron chi connectivity index (χ2n) is 6.63. The summed E-state index contributed by atoms with van der Waals surface area (Å²) in [6, 6.07) is 7.33. The second kappa shape index (κ2) is 4.82. The van der Waals surface area contributed by atoms with Crippen molar-refractivity contribution in [3.63, 3.8) is 0 Å². The van der Waals surface area contributed by atoms with Crippen molar-refractivity contribution < 1.29 is 4.74 Å². The lowest BCUT2D eigenvalue weighted by Gasteiger charge is -2.34. The van der Waals surface area contributed by atoms with Gasteiger partial charge in [-0.15, -0.1) is 0 Å². The van der Waals surface area contributed by atoms with Gasteiger partial charge in [0.25, 0.3) is 0 Å². The highest BCUT2D eigenvalue weighted by atomic mass is 16.5. The van der Waals surface area contributed by atoms with Crippen LogP contribution in [0, 0.1) is 5.92 Å². The fraction of sp³-hybridized carbons (Fsp3) is 0.647. The van der Waals surface area contributed by atoms with E-state index in [4.69, 9.17) is 4.74 Å². The van der Waals surface area contributed by atoms with Gasteiger partial charge in [-0.25, -0.2) is 0 Å². The third-order valence-electron chi connectivity index (χ3n) is 4.49. The quantitative estimate of drug-likeness (QED) is 0.886. The van der Waals surface area contributed by atoms with Gasteiger partial charge in [-0.05, 0) is 56.3 Å². The summed E-state index contributed by atoms with van der Waals surface area (Å²) in [5.41, 5.74) is 2.79. The Labute approximate surface area is 116 Å². The first kappa shape index (κ1) is 13.0. The van der Waals surface area contributed by atoms with Gasteiger partial charge in [-0.3, -0.25) is 0 Å². The lowest BCUT2D eigenvalue weighted by molar-refractivity contribution is 0.138. The van der Waals surface area contributed by atoms with Gasteiger partial charge in [0, 0.05) is 12.5 Å². The molecule has 1 saturated carbocycles. The average molecular weight is 259 g/mol. The van der Waals surface area contributed by atoms with Gasteiger partial charge < -0.3 is 10.1 Å². The first-order valence-electron chi connectivity index (χ1n) is 7.64. The fourth-order valence-corrected chi connectivity index (χ4v) is 3.37. The van der Waals surface area contributed by atoms with E-state index in [9.17, 15) is 0 Å². The number of nitrogens with one attached hydrogen (secondary N) is 1. The Balaban J connectivity index is 1.85. The minimum Gasteiger partial charge on any atom is -0.487 e. The summed E-state index contributed by atoms with van der Waals surface area (Å²) in [4.78, 5) is 0. The summed E-state index contributed by atoms with van der Waals surface area (Å²) in [5, 5.41) is 3.67. The molecule has 104 valence electrons. The largest absolute Gasteiger partial charge is 0.487 e. The van der Waals surface area contributed by atoms with Crippen molar-refractivity contribution in [3.05, 3.63) is 29.3 Å². The standard InChI is InChI=1S/C17H25NO/c1-4-18-16(12-6-5-7-12)13-8-9-15-14(10-13)11-17(2,3)19-15/h8-10,12,16,18H,4-7,11H2,1-3H3. The minimum atomic E-state index is -0.0366. The Bertz CT molecular complexity index is 462. The van der Waals surface area contributed by atoms with Crippen LogP contribution in [-0.2, 0) is 6.42 Å². The molecule has 0 radical (unpaired) electrons. The van der Waals surface area contributed by atoms with E-state index >= 15 is 0 Å². The van der Waals surface area contributed by atoms with Gasteiger partial charge in [0.1, 0.15) is 11.4 Å². The molecule has 0 aromatic heterocycles. The van der Waals surface area contributed by atoms with Crippen LogP contribution in [0.25, 0.3) is 0 Å². The minimum absolute atomic E-state index is 0.0366. The number of rotatable bonds is 4. The molecule has 0 amide bonds. The molecule has 1 N–H and O–H groups in total. The van der Waals surface area contributed by atoms with E-state index in [0.29, 0.717) is 6.04 Å². The normalized spacial score (nSPS) is 22.5. The maximum absolute atomic E-state index is 5.97. The molecule has 3 rings (SSSR count).